The van der Waals surface area contributed by atoms with Crippen LogP contribution in [0.2, 0.25) is 0 Å². The van der Waals surface area contributed by atoms with Gasteiger partial charge in [-0.15, -0.1) is 11.8 Å². The molecular weight excluding hydrogens is 266 g/mol. The first-order valence-corrected chi connectivity index (χ1v) is 7.54. The molecule has 0 radical (unpaired) electrons. The van der Waals surface area contributed by atoms with E-state index in [-0.39, 0.29) is 0 Å². The van der Waals surface area contributed by atoms with Crippen LogP contribution in [-0.4, -0.2) is 11.2 Å². The van der Waals surface area contributed by atoms with Crippen LogP contribution in [0.25, 0.3) is 10.9 Å². The van der Waals surface area contributed by atoms with E-state index in [9.17, 15) is 0 Å². The molecule has 1 aromatic heterocycles. The smallest absolute Gasteiger partial charge is 0.0743 e. The monoisotopic (exact) mass is 281 g/mol. The number of nitrogen functional groups attached to an aromatic ring is 1. The van der Waals surface area contributed by atoms with Gasteiger partial charge in [0.1, 0.15) is 0 Å². The number of nitrogens with two attached hydrogens (primary N) is 1. The third-order valence-electron chi connectivity index (χ3n) is 3.14. The molecule has 4 heteroatoms. The molecule has 0 atom stereocenters. The molecule has 2 aromatic carbocycles. The summed E-state index contributed by atoms with van der Waals surface area (Å²) >= 11 is 1.74. The molecule has 100 valence electrons. The fourth-order valence-corrected chi connectivity index (χ4v) is 2.51. The number of hydrogen-bond acceptors (Lipinski definition) is 4. The number of anilines is 3. The van der Waals surface area contributed by atoms with E-state index in [1.54, 1.807) is 18.0 Å². The molecule has 3 N–H and O–H groups in total. The lowest BCUT2D eigenvalue weighted by Crippen LogP contribution is -1.93. The first-order valence-electron chi connectivity index (χ1n) is 6.31. The topological polar surface area (TPSA) is 50.9 Å². The van der Waals surface area contributed by atoms with Gasteiger partial charge >= 0.3 is 0 Å². The summed E-state index contributed by atoms with van der Waals surface area (Å²) in [6.45, 7) is 0. The van der Waals surface area contributed by atoms with Gasteiger partial charge in [-0.1, -0.05) is 0 Å². The minimum Gasteiger partial charge on any atom is -0.399 e. The van der Waals surface area contributed by atoms with Crippen LogP contribution < -0.4 is 11.1 Å². The number of hydrogen-bond donors (Lipinski definition) is 2. The molecule has 3 rings (SSSR count). The molecule has 0 amide bonds. The van der Waals surface area contributed by atoms with E-state index in [4.69, 9.17) is 5.73 Å². The predicted octanol–water partition coefficient (Wildman–Crippen LogP) is 4.28. The van der Waals surface area contributed by atoms with Crippen LogP contribution in [0.4, 0.5) is 17.1 Å². The number of rotatable bonds is 3. The average molecular weight is 281 g/mol. The summed E-state index contributed by atoms with van der Waals surface area (Å²) in [5.74, 6) is 0. The lowest BCUT2D eigenvalue weighted by Gasteiger charge is -2.10. The number of aromatic nitrogens is 1. The van der Waals surface area contributed by atoms with E-state index in [0.717, 1.165) is 28.0 Å². The van der Waals surface area contributed by atoms with Crippen molar-refractivity contribution in [3.05, 3.63) is 54.7 Å². The second-order valence-electron chi connectivity index (χ2n) is 4.49. The largest absolute Gasteiger partial charge is 0.399 e. The highest BCUT2D eigenvalue weighted by Gasteiger charge is 2.03. The third kappa shape index (κ3) is 2.56. The Morgan fingerprint density at radius 1 is 1.05 bits per heavy atom. The molecule has 20 heavy (non-hydrogen) atoms. The van der Waals surface area contributed by atoms with Gasteiger partial charge < -0.3 is 11.1 Å². The van der Waals surface area contributed by atoms with Crippen molar-refractivity contribution < 1.29 is 0 Å². The predicted molar refractivity (Wildman–Crippen MR) is 87.7 cm³/mol. The average Bonchev–Trinajstić information content (AvgIpc) is 2.48. The first-order chi connectivity index (χ1) is 9.76. The molecule has 0 spiro atoms. The van der Waals surface area contributed by atoms with E-state index in [2.05, 4.69) is 40.8 Å². The minimum atomic E-state index is 0.728. The lowest BCUT2D eigenvalue weighted by atomic mass is 10.1. The minimum absolute atomic E-state index is 0.728. The fraction of sp³-hybridized carbons (Fsp3) is 0.0625. The Morgan fingerprint density at radius 3 is 2.60 bits per heavy atom. The maximum atomic E-state index is 5.80. The molecule has 1 heterocycles. The normalized spacial score (nSPS) is 10.7. The standard InChI is InChI=1S/C16H15N3S/c1-20-13-5-3-12(4-6-13)19-15-8-9-18-16-10-11(17)2-7-14(15)16/h2-10H,17H2,1H3,(H,18,19). The Bertz CT molecular complexity index is 738. The SMILES string of the molecule is CSc1ccc(Nc2ccnc3cc(N)ccc23)cc1. The summed E-state index contributed by atoms with van der Waals surface area (Å²) in [6, 6.07) is 16.1. The highest BCUT2D eigenvalue weighted by molar-refractivity contribution is 7.98. The highest BCUT2D eigenvalue weighted by atomic mass is 32.2. The van der Waals surface area contributed by atoms with Crippen molar-refractivity contribution in [1.82, 2.24) is 4.98 Å². The Kier molecular flexibility index (Phi) is 3.48. The van der Waals surface area contributed by atoms with Gasteiger partial charge in [0.25, 0.3) is 0 Å². The molecule has 0 aliphatic heterocycles. The van der Waals surface area contributed by atoms with Crippen LogP contribution >= 0.6 is 11.8 Å². The van der Waals surface area contributed by atoms with Crippen molar-refractivity contribution >= 4 is 39.7 Å². The van der Waals surface area contributed by atoms with Crippen LogP contribution in [0.15, 0.2) is 59.6 Å². The van der Waals surface area contributed by atoms with Crippen molar-refractivity contribution in [3.63, 3.8) is 0 Å². The number of fused-ring (bicyclic) bond motifs is 1. The first kappa shape index (κ1) is 12.8. The van der Waals surface area contributed by atoms with Gasteiger partial charge in [-0.3, -0.25) is 4.98 Å². The van der Waals surface area contributed by atoms with Gasteiger partial charge in [0, 0.05) is 33.5 Å². The number of nitrogens with one attached hydrogen (secondary N) is 1. The van der Waals surface area contributed by atoms with Crippen molar-refractivity contribution in [2.45, 2.75) is 4.90 Å². The summed E-state index contributed by atoms with van der Waals surface area (Å²) in [6.07, 6.45) is 3.86. The molecule has 3 aromatic rings. The Morgan fingerprint density at radius 2 is 1.85 bits per heavy atom. The van der Waals surface area contributed by atoms with Gasteiger partial charge in [-0.05, 0) is 54.8 Å². The molecule has 0 aliphatic carbocycles. The maximum absolute atomic E-state index is 5.80. The summed E-state index contributed by atoms with van der Waals surface area (Å²) in [7, 11) is 0. The Balaban J connectivity index is 1.97. The van der Waals surface area contributed by atoms with Gasteiger partial charge in [0.2, 0.25) is 0 Å². The van der Waals surface area contributed by atoms with E-state index in [1.165, 1.54) is 4.90 Å². The zero-order valence-corrected chi connectivity index (χ0v) is 11.9. The van der Waals surface area contributed by atoms with Crippen molar-refractivity contribution in [2.75, 3.05) is 17.3 Å². The third-order valence-corrected chi connectivity index (χ3v) is 3.88. The Hall–Kier alpha value is -2.20. The zero-order chi connectivity index (χ0) is 13.9. The number of benzene rings is 2. The number of thioether (sulfide) groups is 1. The van der Waals surface area contributed by atoms with Crippen LogP contribution in [0.5, 0.6) is 0 Å². The van der Waals surface area contributed by atoms with Gasteiger partial charge in [-0.25, -0.2) is 0 Å². The van der Waals surface area contributed by atoms with Crippen LogP contribution in [-0.2, 0) is 0 Å². The van der Waals surface area contributed by atoms with Crippen molar-refractivity contribution in [2.24, 2.45) is 0 Å². The van der Waals surface area contributed by atoms with Crippen molar-refractivity contribution in [1.29, 1.82) is 0 Å². The molecule has 0 aliphatic rings. The van der Waals surface area contributed by atoms with E-state index >= 15 is 0 Å². The van der Waals surface area contributed by atoms with E-state index in [1.807, 2.05) is 24.3 Å². The molecule has 0 bridgehead atoms. The van der Waals surface area contributed by atoms with Gasteiger partial charge in [0.05, 0.1) is 5.52 Å². The second-order valence-corrected chi connectivity index (χ2v) is 5.37. The summed E-state index contributed by atoms with van der Waals surface area (Å²) in [4.78, 5) is 5.60. The van der Waals surface area contributed by atoms with Gasteiger partial charge in [0.15, 0.2) is 0 Å². The van der Waals surface area contributed by atoms with Crippen LogP contribution in [0.3, 0.4) is 0 Å². The fourth-order valence-electron chi connectivity index (χ4n) is 2.10. The molecule has 0 saturated carbocycles. The van der Waals surface area contributed by atoms with Gasteiger partial charge in [-0.2, -0.15) is 0 Å². The number of pyridine rings is 1. The second kappa shape index (κ2) is 5.43. The van der Waals surface area contributed by atoms with Crippen LogP contribution in [0, 0.1) is 0 Å². The lowest BCUT2D eigenvalue weighted by molar-refractivity contribution is 1.40. The molecule has 3 nitrogen and oxygen atoms in total. The summed E-state index contributed by atoms with van der Waals surface area (Å²) in [5, 5.41) is 4.49. The summed E-state index contributed by atoms with van der Waals surface area (Å²) in [5.41, 5.74) is 9.52. The molecule has 0 unspecified atom stereocenters. The quantitative estimate of drug-likeness (QED) is 0.555. The van der Waals surface area contributed by atoms with Crippen molar-refractivity contribution in [3.8, 4) is 0 Å². The van der Waals surface area contributed by atoms with E-state index in [0.29, 0.717) is 0 Å². The number of nitrogens with zero attached hydrogens (tertiary/aromatic N) is 1. The maximum Gasteiger partial charge on any atom is 0.0743 e. The van der Waals surface area contributed by atoms with E-state index < -0.39 is 0 Å². The summed E-state index contributed by atoms with van der Waals surface area (Å²) < 4.78 is 0. The zero-order valence-electron chi connectivity index (χ0n) is 11.1. The molecule has 0 fully saturated rings. The molecule has 0 saturated heterocycles. The Labute approximate surface area is 122 Å². The van der Waals surface area contributed by atoms with Crippen LogP contribution in [0.1, 0.15) is 0 Å². The molecular formula is C16H15N3S. The highest BCUT2D eigenvalue weighted by Crippen LogP contribution is 2.27.